The van der Waals surface area contributed by atoms with E-state index in [-0.39, 0.29) is 29.9 Å². The Labute approximate surface area is 172 Å². The summed E-state index contributed by atoms with van der Waals surface area (Å²) < 4.78 is 31.9. The fraction of sp³-hybridized carbons (Fsp3) is 0.286. The quantitative estimate of drug-likeness (QED) is 0.600. The van der Waals surface area contributed by atoms with Gasteiger partial charge < -0.3 is 20.7 Å². The molecular weight excluding hydrogens is 396 g/mol. The van der Waals surface area contributed by atoms with Crippen molar-refractivity contribution in [3.63, 3.8) is 0 Å². The molecule has 0 unspecified atom stereocenters. The van der Waals surface area contributed by atoms with Crippen molar-refractivity contribution in [1.82, 2.24) is 10.6 Å². The van der Waals surface area contributed by atoms with Crippen LogP contribution in [0.4, 0.5) is 19.3 Å². The molecular formula is C21H23F2N3O4. The Morgan fingerprint density at radius 1 is 1.00 bits per heavy atom. The number of urea groups is 1. The van der Waals surface area contributed by atoms with Gasteiger partial charge in [-0.25, -0.2) is 18.4 Å². The largest absolute Gasteiger partial charge is 0.449 e. The summed E-state index contributed by atoms with van der Waals surface area (Å²) in [5.74, 6) is -3.08. The van der Waals surface area contributed by atoms with Crippen LogP contribution in [0.3, 0.4) is 0 Å². The van der Waals surface area contributed by atoms with Gasteiger partial charge in [0.2, 0.25) is 0 Å². The third-order valence-electron chi connectivity index (χ3n) is 3.90. The number of carbonyl (C=O) groups is 3. The van der Waals surface area contributed by atoms with Gasteiger partial charge in [-0.3, -0.25) is 4.79 Å². The summed E-state index contributed by atoms with van der Waals surface area (Å²) in [6, 6.07) is 8.61. The second-order valence-corrected chi connectivity index (χ2v) is 6.84. The average molecular weight is 419 g/mol. The second kappa shape index (κ2) is 10.3. The van der Waals surface area contributed by atoms with Crippen LogP contribution < -0.4 is 16.0 Å². The summed E-state index contributed by atoms with van der Waals surface area (Å²) in [7, 11) is 0. The van der Waals surface area contributed by atoms with Crippen LogP contribution in [0.5, 0.6) is 0 Å². The highest BCUT2D eigenvalue weighted by atomic mass is 19.1. The standard InChI is InChI=1S/C21H23F2N3O4/c1-12(2)25-21(29)24-11-14-4-6-15(7-5-14)20(28)30-13(3)19(27)26-18-10-16(22)8-9-17(18)23/h4-10,12-13H,11H2,1-3H3,(H,26,27)(H2,24,25,29)/t13-/m1/s1. The van der Waals surface area contributed by atoms with Gasteiger partial charge in [-0.2, -0.15) is 0 Å². The summed E-state index contributed by atoms with van der Waals surface area (Å²) in [6.45, 7) is 5.27. The molecule has 0 aliphatic heterocycles. The van der Waals surface area contributed by atoms with Crippen LogP contribution in [-0.2, 0) is 16.1 Å². The summed E-state index contributed by atoms with van der Waals surface area (Å²) >= 11 is 0. The molecule has 0 aliphatic rings. The Morgan fingerprint density at radius 2 is 1.67 bits per heavy atom. The molecule has 3 amide bonds. The summed E-state index contributed by atoms with van der Waals surface area (Å²) in [5.41, 5.74) is 0.612. The van der Waals surface area contributed by atoms with Crippen molar-refractivity contribution in [2.45, 2.75) is 39.5 Å². The fourth-order valence-electron chi connectivity index (χ4n) is 2.36. The molecule has 0 aliphatic carbocycles. The molecule has 2 rings (SSSR count). The molecule has 0 bridgehead atoms. The SMILES string of the molecule is CC(C)NC(=O)NCc1ccc(C(=O)O[C@H](C)C(=O)Nc2cc(F)ccc2F)cc1. The normalized spacial score (nSPS) is 11.5. The molecule has 1 atom stereocenters. The Morgan fingerprint density at radius 3 is 2.30 bits per heavy atom. The van der Waals surface area contributed by atoms with Crippen LogP contribution in [0, 0.1) is 11.6 Å². The van der Waals surface area contributed by atoms with E-state index in [4.69, 9.17) is 4.74 Å². The zero-order valence-corrected chi connectivity index (χ0v) is 16.8. The molecule has 0 saturated heterocycles. The maximum atomic E-state index is 13.6. The number of hydrogen-bond acceptors (Lipinski definition) is 4. The number of anilines is 1. The lowest BCUT2D eigenvalue weighted by Gasteiger charge is -2.14. The molecule has 9 heteroatoms. The molecule has 0 aromatic heterocycles. The zero-order chi connectivity index (χ0) is 22.3. The minimum absolute atomic E-state index is 0.0127. The van der Waals surface area contributed by atoms with Crippen molar-refractivity contribution in [3.8, 4) is 0 Å². The van der Waals surface area contributed by atoms with Crippen molar-refractivity contribution in [1.29, 1.82) is 0 Å². The molecule has 0 spiro atoms. The predicted octanol–water partition coefficient (Wildman–Crippen LogP) is 3.36. The number of ether oxygens (including phenoxy) is 1. The van der Waals surface area contributed by atoms with Crippen LogP contribution in [0.25, 0.3) is 0 Å². The molecule has 30 heavy (non-hydrogen) atoms. The van der Waals surface area contributed by atoms with Crippen LogP contribution in [-0.4, -0.2) is 30.1 Å². The molecule has 2 aromatic rings. The number of nitrogens with one attached hydrogen (secondary N) is 3. The van der Waals surface area contributed by atoms with E-state index in [2.05, 4.69) is 16.0 Å². The van der Waals surface area contributed by atoms with Crippen LogP contribution in [0.1, 0.15) is 36.7 Å². The Balaban J connectivity index is 1.89. The number of amides is 3. The first kappa shape index (κ1) is 22.8. The fourth-order valence-corrected chi connectivity index (χ4v) is 2.36. The van der Waals surface area contributed by atoms with Crippen molar-refractivity contribution < 1.29 is 27.9 Å². The molecule has 0 heterocycles. The topological polar surface area (TPSA) is 96.5 Å². The van der Waals surface area contributed by atoms with Gasteiger partial charge >= 0.3 is 12.0 Å². The summed E-state index contributed by atoms with van der Waals surface area (Å²) in [6.07, 6.45) is -1.23. The van der Waals surface area contributed by atoms with Gasteiger partial charge in [0.05, 0.1) is 11.3 Å². The first-order valence-electron chi connectivity index (χ1n) is 9.26. The maximum Gasteiger partial charge on any atom is 0.338 e. The first-order chi connectivity index (χ1) is 14.2. The minimum atomic E-state index is -1.23. The Kier molecular flexibility index (Phi) is 7.85. The van der Waals surface area contributed by atoms with Crippen molar-refractivity contribution in [2.75, 3.05) is 5.32 Å². The van der Waals surface area contributed by atoms with E-state index in [1.165, 1.54) is 19.1 Å². The first-order valence-corrected chi connectivity index (χ1v) is 9.26. The van der Waals surface area contributed by atoms with Gasteiger partial charge in [0.15, 0.2) is 6.10 Å². The lowest BCUT2D eigenvalue weighted by molar-refractivity contribution is -0.123. The van der Waals surface area contributed by atoms with Gasteiger partial charge in [0, 0.05) is 18.7 Å². The predicted molar refractivity (Wildman–Crippen MR) is 107 cm³/mol. The molecule has 0 radical (unpaired) electrons. The van der Waals surface area contributed by atoms with E-state index in [0.29, 0.717) is 0 Å². The van der Waals surface area contributed by atoms with Crippen molar-refractivity contribution in [3.05, 3.63) is 65.2 Å². The smallest absolute Gasteiger partial charge is 0.338 e. The number of benzene rings is 2. The van der Waals surface area contributed by atoms with E-state index in [1.807, 2.05) is 13.8 Å². The third kappa shape index (κ3) is 6.84. The van der Waals surface area contributed by atoms with Crippen LogP contribution >= 0.6 is 0 Å². The van der Waals surface area contributed by atoms with Crippen molar-refractivity contribution >= 4 is 23.6 Å². The van der Waals surface area contributed by atoms with E-state index >= 15 is 0 Å². The van der Waals surface area contributed by atoms with Crippen LogP contribution in [0.15, 0.2) is 42.5 Å². The number of rotatable bonds is 7. The number of esters is 1. The van der Waals surface area contributed by atoms with E-state index < -0.39 is 29.6 Å². The zero-order valence-electron chi connectivity index (χ0n) is 16.8. The third-order valence-corrected chi connectivity index (χ3v) is 3.90. The van der Waals surface area contributed by atoms with Crippen molar-refractivity contribution in [2.24, 2.45) is 0 Å². The Hall–Kier alpha value is -3.49. The van der Waals surface area contributed by atoms with E-state index in [9.17, 15) is 23.2 Å². The highest BCUT2D eigenvalue weighted by molar-refractivity contribution is 5.97. The highest BCUT2D eigenvalue weighted by Gasteiger charge is 2.20. The average Bonchev–Trinajstić information content (AvgIpc) is 2.69. The minimum Gasteiger partial charge on any atom is -0.449 e. The lowest BCUT2D eigenvalue weighted by atomic mass is 10.1. The van der Waals surface area contributed by atoms with Gasteiger partial charge in [-0.15, -0.1) is 0 Å². The monoisotopic (exact) mass is 419 g/mol. The summed E-state index contributed by atoms with van der Waals surface area (Å²) in [4.78, 5) is 35.9. The van der Waals surface area contributed by atoms with Gasteiger partial charge in [0.25, 0.3) is 5.91 Å². The molecule has 3 N–H and O–H groups in total. The van der Waals surface area contributed by atoms with Gasteiger partial charge in [-0.05, 0) is 50.6 Å². The van der Waals surface area contributed by atoms with Gasteiger partial charge in [-0.1, -0.05) is 12.1 Å². The Bertz CT molecular complexity index is 917. The maximum absolute atomic E-state index is 13.6. The molecule has 0 saturated carbocycles. The highest BCUT2D eigenvalue weighted by Crippen LogP contribution is 2.16. The number of hydrogen-bond donors (Lipinski definition) is 3. The van der Waals surface area contributed by atoms with Gasteiger partial charge in [0.1, 0.15) is 11.6 Å². The van der Waals surface area contributed by atoms with E-state index in [1.54, 1.807) is 12.1 Å². The lowest BCUT2D eigenvalue weighted by Crippen LogP contribution is -2.39. The number of halogens is 2. The molecule has 0 fully saturated rings. The molecule has 7 nitrogen and oxygen atoms in total. The van der Waals surface area contributed by atoms with E-state index in [0.717, 1.165) is 23.8 Å². The number of carbonyl (C=O) groups excluding carboxylic acids is 3. The molecule has 160 valence electrons. The second-order valence-electron chi connectivity index (χ2n) is 6.84. The summed E-state index contributed by atoms with van der Waals surface area (Å²) in [5, 5.41) is 7.55. The molecule has 2 aromatic carbocycles. The van der Waals surface area contributed by atoms with Crippen LogP contribution in [0.2, 0.25) is 0 Å².